The van der Waals surface area contributed by atoms with Gasteiger partial charge in [0.15, 0.2) is 0 Å². The Bertz CT molecular complexity index is 1340. The van der Waals surface area contributed by atoms with Crippen molar-refractivity contribution in [1.82, 2.24) is 14.5 Å². The van der Waals surface area contributed by atoms with Gasteiger partial charge in [0.25, 0.3) is 0 Å². The molecule has 4 rings (SSSR count). The van der Waals surface area contributed by atoms with Crippen molar-refractivity contribution >= 4 is 40.3 Å². The molecule has 7 heteroatoms. The van der Waals surface area contributed by atoms with Crippen LogP contribution in [-0.4, -0.2) is 25.6 Å². The van der Waals surface area contributed by atoms with Gasteiger partial charge in [-0.05, 0) is 61.9 Å². The molecule has 0 amide bonds. The van der Waals surface area contributed by atoms with Gasteiger partial charge in [0.05, 0.1) is 27.2 Å². The van der Waals surface area contributed by atoms with E-state index in [0.717, 1.165) is 28.0 Å². The van der Waals surface area contributed by atoms with E-state index >= 15 is 0 Å². The van der Waals surface area contributed by atoms with Gasteiger partial charge >= 0.3 is 5.97 Å². The van der Waals surface area contributed by atoms with Gasteiger partial charge in [0, 0.05) is 17.1 Å². The minimum absolute atomic E-state index is 0.0405. The summed E-state index contributed by atoms with van der Waals surface area (Å²) in [6.07, 6.45) is 1.78. The molecule has 4 aromatic rings. The van der Waals surface area contributed by atoms with Crippen LogP contribution in [0.5, 0.6) is 0 Å². The predicted octanol–water partition coefficient (Wildman–Crippen LogP) is 5.39. The lowest BCUT2D eigenvalue weighted by Crippen LogP contribution is -2.03. The molecule has 0 bridgehead atoms. The average Bonchev–Trinajstić information content (AvgIpc) is 3.27. The first-order valence-corrected chi connectivity index (χ1v) is 9.56. The molecule has 2 aromatic heterocycles. The second-order valence-electron chi connectivity index (χ2n) is 6.90. The van der Waals surface area contributed by atoms with Crippen LogP contribution in [0.3, 0.4) is 0 Å². The molecule has 2 N–H and O–H groups in total. The van der Waals surface area contributed by atoms with Crippen molar-refractivity contribution in [1.29, 1.82) is 5.26 Å². The van der Waals surface area contributed by atoms with Gasteiger partial charge in [-0.25, -0.2) is 9.78 Å². The van der Waals surface area contributed by atoms with Crippen LogP contribution in [0.25, 0.3) is 28.4 Å². The van der Waals surface area contributed by atoms with Crippen LogP contribution >= 0.6 is 11.6 Å². The first-order chi connectivity index (χ1) is 14.4. The third kappa shape index (κ3) is 3.36. The van der Waals surface area contributed by atoms with Crippen molar-refractivity contribution in [3.63, 3.8) is 0 Å². The number of benzene rings is 2. The molecule has 2 aromatic carbocycles. The summed E-state index contributed by atoms with van der Waals surface area (Å²) in [7, 11) is 0. The molecular formula is C23H17ClN4O2. The second kappa shape index (κ2) is 7.54. The van der Waals surface area contributed by atoms with Crippen LogP contribution in [0.2, 0.25) is 5.02 Å². The molecule has 148 valence electrons. The Morgan fingerprint density at radius 1 is 1.23 bits per heavy atom. The summed E-state index contributed by atoms with van der Waals surface area (Å²) in [6.45, 7) is 3.84. The Morgan fingerprint density at radius 2 is 2.00 bits per heavy atom. The van der Waals surface area contributed by atoms with Crippen molar-refractivity contribution < 1.29 is 9.90 Å². The van der Waals surface area contributed by atoms with Crippen molar-refractivity contribution in [2.45, 2.75) is 13.8 Å². The third-order valence-corrected chi connectivity index (χ3v) is 5.30. The maximum Gasteiger partial charge on any atom is 0.337 e. The fourth-order valence-electron chi connectivity index (χ4n) is 3.54. The number of aromatic nitrogens is 3. The van der Waals surface area contributed by atoms with E-state index in [9.17, 15) is 15.2 Å². The Kier molecular flexibility index (Phi) is 4.90. The standard InChI is InChI=1S/C23H17ClN4O2/c1-13-9-15(10-16(12-25)22-26-20-5-3-4-6-21(20)27-22)14(2)28(13)17-7-8-19(24)18(11-17)23(29)30/h3-11H,1-2H3,(H,26,27)(H,29,30)/b16-10-. The van der Waals surface area contributed by atoms with Crippen molar-refractivity contribution in [3.05, 3.63) is 81.9 Å². The summed E-state index contributed by atoms with van der Waals surface area (Å²) in [4.78, 5) is 19.1. The second-order valence-corrected chi connectivity index (χ2v) is 7.31. The van der Waals surface area contributed by atoms with E-state index in [0.29, 0.717) is 17.1 Å². The zero-order valence-electron chi connectivity index (χ0n) is 16.3. The molecule has 2 heterocycles. The molecule has 0 aliphatic carbocycles. The summed E-state index contributed by atoms with van der Waals surface area (Å²) >= 11 is 6.01. The number of allylic oxidation sites excluding steroid dienone is 1. The van der Waals surface area contributed by atoms with E-state index < -0.39 is 5.97 Å². The van der Waals surface area contributed by atoms with Crippen molar-refractivity contribution in [2.75, 3.05) is 0 Å². The number of imidazole rings is 1. The van der Waals surface area contributed by atoms with Gasteiger partial charge < -0.3 is 14.7 Å². The first-order valence-electron chi connectivity index (χ1n) is 9.18. The van der Waals surface area contributed by atoms with Crippen LogP contribution in [0, 0.1) is 25.2 Å². The molecule has 0 spiro atoms. The van der Waals surface area contributed by atoms with Gasteiger partial charge in [0.2, 0.25) is 0 Å². The molecule has 30 heavy (non-hydrogen) atoms. The zero-order chi connectivity index (χ0) is 21.4. The minimum Gasteiger partial charge on any atom is -0.478 e. The third-order valence-electron chi connectivity index (χ3n) is 4.97. The number of carboxylic acids is 1. The maximum absolute atomic E-state index is 11.4. The number of aromatic carboxylic acids is 1. The number of carboxylic acid groups (broad SMARTS) is 1. The van der Waals surface area contributed by atoms with E-state index in [2.05, 4.69) is 16.0 Å². The normalized spacial score (nSPS) is 11.6. The largest absolute Gasteiger partial charge is 0.478 e. The Morgan fingerprint density at radius 3 is 2.70 bits per heavy atom. The van der Waals surface area contributed by atoms with Crippen LogP contribution in [0.15, 0.2) is 48.5 Å². The van der Waals surface area contributed by atoms with E-state index in [1.165, 1.54) is 0 Å². The van der Waals surface area contributed by atoms with Gasteiger partial charge in [-0.2, -0.15) is 5.26 Å². The molecule has 0 aliphatic heterocycles. The van der Waals surface area contributed by atoms with Crippen LogP contribution in [0.1, 0.15) is 33.1 Å². The molecule has 0 fully saturated rings. The Labute approximate surface area is 177 Å². The zero-order valence-corrected chi connectivity index (χ0v) is 17.0. The number of hydrogen-bond donors (Lipinski definition) is 2. The predicted molar refractivity (Wildman–Crippen MR) is 117 cm³/mol. The Balaban J connectivity index is 1.81. The van der Waals surface area contributed by atoms with Crippen molar-refractivity contribution in [3.8, 4) is 11.8 Å². The van der Waals surface area contributed by atoms with Crippen LogP contribution in [-0.2, 0) is 0 Å². The molecule has 0 saturated carbocycles. The number of nitriles is 1. The highest BCUT2D eigenvalue weighted by Crippen LogP contribution is 2.27. The minimum atomic E-state index is -1.08. The topological polar surface area (TPSA) is 94.7 Å². The van der Waals surface area contributed by atoms with E-state index in [1.54, 1.807) is 24.3 Å². The van der Waals surface area contributed by atoms with Crippen LogP contribution < -0.4 is 0 Å². The quantitative estimate of drug-likeness (QED) is 0.436. The molecule has 0 aliphatic rings. The van der Waals surface area contributed by atoms with Gasteiger partial charge in [-0.15, -0.1) is 0 Å². The highest BCUT2D eigenvalue weighted by atomic mass is 35.5. The average molecular weight is 417 g/mol. The number of hydrogen-bond acceptors (Lipinski definition) is 3. The van der Waals surface area contributed by atoms with E-state index in [4.69, 9.17) is 11.6 Å². The van der Waals surface area contributed by atoms with Crippen molar-refractivity contribution in [2.24, 2.45) is 0 Å². The number of nitrogens with one attached hydrogen (secondary N) is 1. The summed E-state index contributed by atoms with van der Waals surface area (Å²) < 4.78 is 1.93. The fourth-order valence-corrected chi connectivity index (χ4v) is 3.74. The van der Waals surface area contributed by atoms with Gasteiger partial charge in [-0.3, -0.25) is 0 Å². The number of carbonyl (C=O) groups is 1. The van der Waals surface area contributed by atoms with Crippen LogP contribution in [0.4, 0.5) is 0 Å². The number of para-hydroxylation sites is 2. The van der Waals surface area contributed by atoms with E-state index in [-0.39, 0.29) is 10.6 Å². The molecule has 0 saturated heterocycles. The molecular weight excluding hydrogens is 400 g/mol. The number of H-pyrrole nitrogens is 1. The number of aromatic amines is 1. The number of aryl methyl sites for hydroxylation is 1. The van der Waals surface area contributed by atoms with E-state index in [1.807, 2.05) is 48.7 Å². The molecule has 0 atom stereocenters. The summed E-state index contributed by atoms with van der Waals surface area (Å²) in [6, 6.07) is 16.7. The molecule has 0 unspecified atom stereocenters. The lowest BCUT2D eigenvalue weighted by atomic mass is 10.1. The number of fused-ring (bicyclic) bond motifs is 1. The lowest BCUT2D eigenvalue weighted by Gasteiger charge is -2.11. The number of halogens is 1. The number of nitrogens with zero attached hydrogens (tertiary/aromatic N) is 3. The lowest BCUT2D eigenvalue weighted by molar-refractivity contribution is 0.0697. The fraction of sp³-hybridized carbons (Fsp3) is 0.0870. The van der Waals surface area contributed by atoms with Gasteiger partial charge in [-0.1, -0.05) is 23.7 Å². The monoisotopic (exact) mass is 416 g/mol. The Hall–Kier alpha value is -3.82. The van der Waals surface area contributed by atoms with Gasteiger partial charge in [0.1, 0.15) is 11.9 Å². The number of rotatable bonds is 4. The summed E-state index contributed by atoms with van der Waals surface area (Å²) in [5.74, 6) is -0.579. The summed E-state index contributed by atoms with van der Waals surface area (Å²) in [5, 5.41) is 19.3. The highest BCUT2D eigenvalue weighted by Gasteiger charge is 2.15. The highest BCUT2D eigenvalue weighted by molar-refractivity contribution is 6.33. The maximum atomic E-state index is 11.4. The SMILES string of the molecule is Cc1cc(/C=C(/C#N)c2nc3ccccc3[nH]2)c(C)n1-c1ccc(Cl)c(C(=O)O)c1. The molecule has 6 nitrogen and oxygen atoms in total. The first kappa shape index (κ1) is 19.5. The molecule has 0 radical (unpaired) electrons. The summed E-state index contributed by atoms with van der Waals surface area (Å²) in [5.41, 5.74) is 5.41. The smallest absolute Gasteiger partial charge is 0.337 e.